The summed E-state index contributed by atoms with van der Waals surface area (Å²) in [5.74, 6) is 1.41. The molecule has 2 heterocycles. The highest BCUT2D eigenvalue weighted by Crippen LogP contribution is 2.38. The first-order valence-electron chi connectivity index (χ1n) is 6.82. The van der Waals surface area contributed by atoms with Crippen LogP contribution >= 0.6 is 11.3 Å². The van der Waals surface area contributed by atoms with E-state index in [-0.39, 0.29) is 5.91 Å². The molecule has 1 aromatic rings. The Morgan fingerprint density at radius 1 is 1.50 bits per heavy atom. The predicted molar refractivity (Wildman–Crippen MR) is 73.8 cm³/mol. The molecule has 2 fully saturated rings. The highest BCUT2D eigenvalue weighted by Gasteiger charge is 2.42. The number of thiophene rings is 1. The molecule has 1 saturated heterocycles. The Balaban J connectivity index is 1.75. The average Bonchev–Trinajstić information content (AvgIpc) is 3.05. The van der Waals surface area contributed by atoms with E-state index >= 15 is 0 Å². The summed E-state index contributed by atoms with van der Waals surface area (Å²) < 4.78 is 0. The summed E-state index contributed by atoms with van der Waals surface area (Å²) in [5, 5.41) is 2.02. The van der Waals surface area contributed by atoms with Crippen molar-refractivity contribution in [3.63, 3.8) is 0 Å². The van der Waals surface area contributed by atoms with E-state index in [0.29, 0.717) is 17.9 Å². The summed E-state index contributed by atoms with van der Waals surface area (Å²) in [6.45, 7) is 3.89. The molecule has 3 nitrogen and oxygen atoms in total. The summed E-state index contributed by atoms with van der Waals surface area (Å²) in [7, 11) is 0. The van der Waals surface area contributed by atoms with E-state index in [9.17, 15) is 4.79 Å². The lowest BCUT2D eigenvalue weighted by Gasteiger charge is -2.18. The number of nitrogens with two attached hydrogens (primary N) is 1. The summed E-state index contributed by atoms with van der Waals surface area (Å²) >= 11 is 1.58. The topological polar surface area (TPSA) is 46.3 Å². The van der Waals surface area contributed by atoms with Crippen LogP contribution in [0, 0.1) is 11.8 Å². The third-order valence-corrected chi connectivity index (χ3v) is 5.47. The number of nitrogens with zero attached hydrogens (tertiary/aromatic N) is 1. The maximum atomic E-state index is 12.5. The first kappa shape index (κ1) is 12.2. The highest BCUT2D eigenvalue weighted by molar-refractivity contribution is 7.12. The minimum atomic E-state index is 0.225. The molecule has 0 radical (unpaired) electrons. The molecule has 2 N–H and O–H groups in total. The Hall–Kier alpha value is -0.870. The van der Waals surface area contributed by atoms with Gasteiger partial charge >= 0.3 is 0 Å². The molecule has 2 aliphatic rings. The van der Waals surface area contributed by atoms with Crippen LogP contribution in [0.1, 0.15) is 35.0 Å². The van der Waals surface area contributed by atoms with Crippen LogP contribution in [0.2, 0.25) is 0 Å². The van der Waals surface area contributed by atoms with Crippen LogP contribution in [-0.4, -0.2) is 29.9 Å². The largest absolute Gasteiger partial charge is 0.337 e. The smallest absolute Gasteiger partial charge is 0.264 e. The SMILES string of the molecule is CCc1ccsc1C(=O)N1CC2CCC(N)C2C1. The lowest BCUT2D eigenvalue weighted by atomic mass is 9.98. The highest BCUT2D eigenvalue weighted by atomic mass is 32.1. The Labute approximate surface area is 112 Å². The minimum absolute atomic E-state index is 0.225. The van der Waals surface area contributed by atoms with Crippen LogP contribution in [0.3, 0.4) is 0 Å². The number of amides is 1. The predicted octanol–water partition coefficient (Wildman–Crippen LogP) is 2.12. The maximum Gasteiger partial charge on any atom is 0.264 e. The molecule has 4 heteroatoms. The van der Waals surface area contributed by atoms with Crippen LogP contribution in [0.5, 0.6) is 0 Å². The van der Waals surface area contributed by atoms with Crippen LogP contribution in [0.15, 0.2) is 11.4 Å². The zero-order valence-electron chi connectivity index (χ0n) is 10.8. The van der Waals surface area contributed by atoms with Gasteiger partial charge in [-0.2, -0.15) is 0 Å². The molecule has 0 aromatic carbocycles. The number of hydrogen-bond acceptors (Lipinski definition) is 3. The summed E-state index contributed by atoms with van der Waals surface area (Å²) in [4.78, 5) is 15.5. The molecular formula is C14H20N2OS. The van der Waals surface area contributed by atoms with Gasteiger partial charge in [-0.1, -0.05) is 6.92 Å². The Kier molecular flexibility index (Phi) is 3.16. The van der Waals surface area contributed by atoms with Gasteiger partial charge < -0.3 is 10.6 Å². The Morgan fingerprint density at radius 3 is 3.06 bits per heavy atom. The summed E-state index contributed by atoms with van der Waals surface area (Å²) in [5.41, 5.74) is 7.31. The monoisotopic (exact) mass is 264 g/mol. The lowest BCUT2D eigenvalue weighted by molar-refractivity contribution is 0.0783. The van der Waals surface area contributed by atoms with Crippen molar-refractivity contribution in [3.8, 4) is 0 Å². The third kappa shape index (κ3) is 1.88. The van der Waals surface area contributed by atoms with Crippen molar-refractivity contribution in [2.45, 2.75) is 32.2 Å². The quantitative estimate of drug-likeness (QED) is 0.889. The molecular weight excluding hydrogens is 244 g/mol. The average molecular weight is 264 g/mol. The fourth-order valence-corrected chi connectivity index (χ4v) is 4.38. The van der Waals surface area contributed by atoms with Crippen LogP contribution < -0.4 is 5.73 Å². The summed E-state index contributed by atoms with van der Waals surface area (Å²) in [6.07, 6.45) is 3.27. The molecule has 98 valence electrons. The molecule has 18 heavy (non-hydrogen) atoms. The van der Waals surface area contributed by atoms with Gasteiger partial charge in [-0.15, -0.1) is 11.3 Å². The third-order valence-electron chi connectivity index (χ3n) is 4.52. The number of carbonyl (C=O) groups is 1. The zero-order chi connectivity index (χ0) is 12.7. The Morgan fingerprint density at radius 2 is 2.33 bits per heavy atom. The van der Waals surface area contributed by atoms with E-state index in [4.69, 9.17) is 5.73 Å². The molecule has 0 spiro atoms. The Bertz CT molecular complexity index is 456. The first-order valence-corrected chi connectivity index (χ1v) is 7.70. The number of hydrogen-bond donors (Lipinski definition) is 1. The van der Waals surface area contributed by atoms with E-state index in [2.05, 4.69) is 13.0 Å². The second kappa shape index (κ2) is 4.67. The van der Waals surface area contributed by atoms with Crippen molar-refractivity contribution < 1.29 is 4.79 Å². The van der Waals surface area contributed by atoms with Gasteiger partial charge in [0.15, 0.2) is 0 Å². The molecule has 3 rings (SSSR count). The van der Waals surface area contributed by atoms with Gasteiger partial charge in [0.05, 0.1) is 4.88 Å². The van der Waals surface area contributed by atoms with Crippen LogP contribution in [-0.2, 0) is 6.42 Å². The van der Waals surface area contributed by atoms with Crippen molar-refractivity contribution in [1.82, 2.24) is 4.90 Å². The van der Waals surface area contributed by atoms with Gasteiger partial charge in [0.1, 0.15) is 0 Å². The fraction of sp³-hybridized carbons (Fsp3) is 0.643. The number of carbonyl (C=O) groups excluding carboxylic acids is 1. The number of fused-ring (bicyclic) bond motifs is 1. The van der Waals surface area contributed by atoms with Crippen LogP contribution in [0.4, 0.5) is 0 Å². The standard InChI is InChI=1S/C14H20N2OS/c1-2-9-5-6-18-13(9)14(17)16-7-10-3-4-12(15)11(10)8-16/h5-6,10-12H,2-4,7-8,15H2,1H3. The van der Waals surface area contributed by atoms with Crippen molar-refractivity contribution >= 4 is 17.2 Å². The van der Waals surface area contributed by atoms with Gasteiger partial charge in [0.2, 0.25) is 0 Å². The van der Waals surface area contributed by atoms with E-state index in [1.807, 2.05) is 10.3 Å². The molecule has 3 atom stereocenters. The minimum Gasteiger partial charge on any atom is -0.337 e. The van der Waals surface area contributed by atoms with Crippen molar-refractivity contribution in [2.24, 2.45) is 17.6 Å². The van der Waals surface area contributed by atoms with Crippen molar-refractivity contribution in [1.29, 1.82) is 0 Å². The first-order chi connectivity index (χ1) is 8.70. The zero-order valence-corrected chi connectivity index (χ0v) is 11.6. The van der Waals surface area contributed by atoms with Crippen molar-refractivity contribution in [2.75, 3.05) is 13.1 Å². The van der Waals surface area contributed by atoms with Gasteiger partial charge in [0.25, 0.3) is 5.91 Å². The number of rotatable bonds is 2. The van der Waals surface area contributed by atoms with Crippen LogP contribution in [0.25, 0.3) is 0 Å². The van der Waals surface area contributed by atoms with E-state index in [1.165, 1.54) is 12.0 Å². The lowest BCUT2D eigenvalue weighted by Crippen LogP contribution is -2.33. The second-order valence-electron chi connectivity index (χ2n) is 5.50. The van der Waals surface area contributed by atoms with Gasteiger partial charge in [-0.05, 0) is 48.1 Å². The molecule has 3 unspecified atom stereocenters. The maximum absolute atomic E-state index is 12.5. The van der Waals surface area contributed by atoms with Gasteiger partial charge in [0, 0.05) is 19.1 Å². The molecule has 1 aliphatic carbocycles. The fourth-order valence-electron chi connectivity index (χ4n) is 3.42. The van der Waals surface area contributed by atoms with E-state index < -0.39 is 0 Å². The molecule has 0 bridgehead atoms. The molecule has 1 amide bonds. The molecule has 1 aromatic heterocycles. The second-order valence-corrected chi connectivity index (χ2v) is 6.42. The van der Waals surface area contributed by atoms with Gasteiger partial charge in [-0.25, -0.2) is 0 Å². The van der Waals surface area contributed by atoms with E-state index in [0.717, 1.165) is 30.8 Å². The number of aryl methyl sites for hydroxylation is 1. The van der Waals surface area contributed by atoms with Gasteiger partial charge in [-0.3, -0.25) is 4.79 Å². The molecule has 1 aliphatic heterocycles. The normalized spacial score (nSPS) is 30.8. The molecule has 1 saturated carbocycles. The van der Waals surface area contributed by atoms with E-state index in [1.54, 1.807) is 11.3 Å². The number of likely N-dealkylation sites (tertiary alicyclic amines) is 1. The van der Waals surface area contributed by atoms with Crippen molar-refractivity contribution in [3.05, 3.63) is 21.9 Å². The summed E-state index contributed by atoms with van der Waals surface area (Å²) in [6, 6.07) is 2.38.